The predicted molar refractivity (Wildman–Crippen MR) is 81.5 cm³/mol. The van der Waals surface area contributed by atoms with E-state index in [2.05, 4.69) is 5.32 Å². The number of nitrogens with two attached hydrogens (primary N) is 1. The second kappa shape index (κ2) is 7.08. The summed E-state index contributed by atoms with van der Waals surface area (Å²) in [6.07, 6.45) is 0.332. The molecule has 3 N–H and O–H groups in total. The number of hydrogen-bond donors (Lipinski definition) is 2. The molecule has 0 aliphatic heterocycles. The minimum absolute atomic E-state index is 0.0429. The van der Waals surface area contributed by atoms with Crippen LogP contribution in [0, 0.1) is 0 Å². The van der Waals surface area contributed by atoms with Crippen molar-refractivity contribution in [2.75, 3.05) is 6.54 Å². The van der Waals surface area contributed by atoms with E-state index >= 15 is 0 Å². The molecule has 4 heteroatoms. The van der Waals surface area contributed by atoms with Crippen LogP contribution >= 0.6 is 11.6 Å². The lowest BCUT2D eigenvalue weighted by Gasteiger charge is -2.13. The van der Waals surface area contributed by atoms with Crippen molar-refractivity contribution in [2.24, 2.45) is 5.73 Å². The average molecular weight is 289 g/mol. The van der Waals surface area contributed by atoms with Gasteiger partial charge >= 0.3 is 0 Å². The second-order valence-electron chi connectivity index (χ2n) is 4.62. The number of nitrogens with one attached hydrogen (secondary N) is 1. The third-order valence-corrected chi connectivity index (χ3v) is 3.28. The number of benzene rings is 2. The lowest BCUT2D eigenvalue weighted by atomic mass is 10.1. The van der Waals surface area contributed by atoms with Crippen LogP contribution in [0.25, 0.3) is 0 Å². The van der Waals surface area contributed by atoms with E-state index in [0.29, 0.717) is 18.0 Å². The smallest absolute Gasteiger partial charge is 0.224 e. The number of halogens is 1. The van der Waals surface area contributed by atoms with Gasteiger partial charge in [0.15, 0.2) is 0 Å². The molecule has 3 nitrogen and oxygen atoms in total. The molecule has 0 aliphatic rings. The topological polar surface area (TPSA) is 55.1 Å². The van der Waals surface area contributed by atoms with Gasteiger partial charge in [0, 0.05) is 17.6 Å². The van der Waals surface area contributed by atoms with Crippen molar-refractivity contribution in [3.8, 4) is 0 Å². The van der Waals surface area contributed by atoms with Crippen molar-refractivity contribution >= 4 is 17.5 Å². The van der Waals surface area contributed by atoms with Gasteiger partial charge in [-0.15, -0.1) is 0 Å². The molecule has 0 bridgehead atoms. The first-order valence-electron chi connectivity index (χ1n) is 6.47. The Morgan fingerprint density at radius 2 is 1.75 bits per heavy atom. The first kappa shape index (κ1) is 14.6. The Balaban J connectivity index is 1.82. The Morgan fingerprint density at radius 1 is 1.10 bits per heavy atom. The van der Waals surface area contributed by atoms with Crippen molar-refractivity contribution in [1.29, 1.82) is 0 Å². The summed E-state index contributed by atoms with van der Waals surface area (Å²) in [4.78, 5) is 11.8. The molecule has 2 aromatic carbocycles. The zero-order valence-corrected chi connectivity index (χ0v) is 11.8. The summed E-state index contributed by atoms with van der Waals surface area (Å²) in [5, 5.41) is 3.51. The van der Waals surface area contributed by atoms with Gasteiger partial charge in [-0.25, -0.2) is 0 Å². The number of hydrogen-bond acceptors (Lipinski definition) is 2. The molecule has 0 saturated carbocycles. The third-order valence-electron chi connectivity index (χ3n) is 3.02. The van der Waals surface area contributed by atoms with Crippen LogP contribution in [0.1, 0.15) is 17.2 Å². The first-order valence-corrected chi connectivity index (χ1v) is 6.84. The maximum absolute atomic E-state index is 11.8. The molecule has 2 rings (SSSR count). The molecular weight excluding hydrogens is 272 g/mol. The number of rotatable bonds is 5. The summed E-state index contributed by atoms with van der Waals surface area (Å²) in [7, 11) is 0. The fourth-order valence-electron chi connectivity index (χ4n) is 1.89. The van der Waals surface area contributed by atoms with Crippen LogP contribution in [-0.2, 0) is 11.2 Å². The van der Waals surface area contributed by atoms with Gasteiger partial charge in [-0.05, 0) is 23.3 Å². The lowest BCUT2D eigenvalue weighted by Crippen LogP contribution is -2.32. The highest BCUT2D eigenvalue weighted by atomic mass is 35.5. The maximum Gasteiger partial charge on any atom is 0.224 e. The Morgan fingerprint density at radius 3 is 2.40 bits per heavy atom. The van der Waals surface area contributed by atoms with E-state index in [0.717, 1.165) is 11.1 Å². The van der Waals surface area contributed by atoms with Crippen LogP contribution in [-0.4, -0.2) is 12.5 Å². The van der Waals surface area contributed by atoms with Gasteiger partial charge in [0.2, 0.25) is 5.91 Å². The summed E-state index contributed by atoms with van der Waals surface area (Å²) >= 11 is 5.80. The molecule has 1 amide bonds. The molecule has 1 unspecified atom stereocenters. The Kier molecular flexibility index (Phi) is 5.16. The van der Waals surface area contributed by atoms with Crippen LogP contribution < -0.4 is 11.1 Å². The molecule has 0 aliphatic carbocycles. The number of amides is 1. The Labute approximate surface area is 123 Å². The largest absolute Gasteiger partial charge is 0.354 e. The highest BCUT2D eigenvalue weighted by molar-refractivity contribution is 6.30. The van der Waals surface area contributed by atoms with E-state index in [-0.39, 0.29) is 11.9 Å². The van der Waals surface area contributed by atoms with E-state index < -0.39 is 0 Å². The molecule has 2 aromatic rings. The van der Waals surface area contributed by atoms with E-state index in [1.54, 1.807) is 12.1 Å². The van der Waals surface area contributed by atoms with Gasteiger partial charge in [-0.2, -0.15) is 0 Å². The summed E-state index contributed by atoms with van der Waals surface area (Å²) in [5.41, 5.74) is 7.97. The molecule has 104 valence electrons. The maximum atomic E-state index is 11.8. The van der Waals surface area contributed by atoms with Crippen molar-refractivity contribution < 1.29 is 4.79 Å². The molecule has 0 heterocycles. The average Bonchev–Trinajstić information content (AvgIpc) is 2.48. The summed E-state index contributed by atoms with van der Waals surface area (Å²) in [6.45, 7) is 0.427. The van der Waals surface area contributed by atoms with Gasteiger partial charge in [0.25, 0.3) is 0 Å². The number of carbonyl (C=O) groups is 1. The van der Waals surface area contributed by atoms with Crippen molar-refractivity contribution in [2.45, 2.75) is 12.5 Å². The summed E-state index contributed by atoms with van der Waals surface area (Å²) in [6, 6.07) is 16.8. The molecule has 20 heavy (non-hydrogen) atoms. The van der Waals surface area contributed by atoms with Gasteiger partial charge in [0.1, 0.15) is 0 Å². The highest BCUT2D eigenvalue weighted by Gasteiger charge is 2.08. The fraction of sp³-hybridized carbons (Fsp3) is 0.188. The standard InChI is InChI=1S/C16H17ClN2O/c17-14-8-6-12(7-9-14)10-16(20)19-11-15(18)13-4-2-1-3-5-13/h1-9,15H,10-11,18H2,(H,19,20). The minimum Gasteiger partial charge on any atom is -0.354 e. The molecule has 0 aromatic heterocycles. The second-order valence-corrected chi connectivity index (χ2v) is 5.06. The minimum atomic E-state index is -0.189. The van der Waals surface area contributed by atoms with Gasteiger partial charge in [-0.3, -0.25) is 4.79 Å². The van der Waals surface area contributed by atoms with Crippen molar-refractivity contribution in [3.05, 3.63) is 70.7 Å². The summed E-state index contributed by atoms with van der Waals surface area (Å²) < 4.78 is 0. The molecule has 0 fully saturated rings. The monoisotopic (exact) mass is 288 g/mol. The molecule has 0 spiro atoms. The highest BCUT2D eigenvalue weighted by Crippen LogP contribution is 2.10. The van der Waals surface area contributed by atoms with Crippen molar-refractivity contribution in [1.82, 2.24) is 5.32 Å². The lowest BCUT2D eigenvalue weighted by molar-refractivity contribution is -0.120. The SMILES string of the molecule is NC(CNC(=O)Cc1ccc(Cl)cc1)c1ccccc1. The quantitative estimate of drug-likeness (QED) is 0.889. The normalized spacial score (nSPS) is 11.9. The van der Waals surface area contributed by atoms with Crippen LogP contribution in [0.2, 0.25) is 5.02 Å². The molecular formula is C16H17ClN2O. The van der Waals surface area contributed by atoms with Gasteiger partial charge in [0.05, 0.1) is 6.42 Å². The fourth-order valence-corrected chi connectivity index (χ4v) is 2.02. The van der Waals surface area contributed by atoms with E-state index in [1.165, 1.54) is 0 Å². The predicted octanol–water partition coefficient (Wildman–Crippen LogP) is 2.70. The zero-order chi connectivity index (χ0) is 14.4. The van der Waals surface area contributed by atoms with Crippen LogP contribution in [0.3, 0.4) is 0 Å². The number of carbonyl (C=O) groups excluding carboxylic acids is 1. The molecule has 0 radical (unpaired) electrons. The first-order chi connectivity index (χ1) is 9.65. The van der Waals surface area contributed by atoms with E-state index in [4.69, 9.17) is 17.3 Å². The van der Waals surface area contributed by atoms with E-state index in [9.17, 15) is 4.79 Å². The van der Waals surface area contributed by atoms with Crippen LogP contribution in [0.15, 0.2) is 54.6 Å². The summed E-state index contributed by atoms with van der Waals surface area (Å²) in [5.74, 6) is -0.0429. The van der Waals surface area contributed by atoms with Crippen LogP contribution in [0.5, 0.6) is 0 Å². The molecule has 1 atom stereocenters. The molecule has 0 saturated heterocycles. The van der Waals surface area contributed by atoms with E-state index in [1.807, 2.05) is 42.5 Å². The zero-order valence-electron chi connectivity index (χ0n) is 11.1. The van der Waals surface area contributed by atoms with Gasteiger partial charge in [-0.1, -0.05) is 54.1 Å². The Bertz CT molecular complexity index is 554. The third kappa shape index (κ3) is 4.37. The Hall–Kier alpha value is -1.84. The van der Waals surface area contributed by atoms with Crippen LogP contribution in [0.4, 0.5) is 0 Å². The van der Waals surface area contributed by atoms with Gasteiger partial charge < -0.3 is 11.1 Å². The van der Waals surface area contributed by atoms with Crippen molar-refractivity contribution in [3.63, 3.8) is 0 Å².